The molecule has 1 aromatic carbocycles. The zero-order valence-electron chi connectivity index (χ0n) is 11.5. The molecule has 2 N–H and O–H groups in total. The molecule has 0 aromatic heterocycles. The summed E-state index contributed by atoms with van der Waals surface area (Å²) in [4.78, 5) is 2.55. The largest absolute Gasteiger partial charge is 0.330 e. The molecule has 1 unspecified atom stereocenters. The molecule has 1 heterocycles. The van der Waals surface area contributed by atoms with Crippen LogP contribution in [0.1, 0.15) is 31.2 Å². The maximum Gasteiger partial charge on any atom is 0.0408 e. The Labute approximate surface area is 127 Å². The number of piperidine rings is 1. The molecule has 2 rings (SSSR count). The van der Waals surface area contributed by atoms with Crippen molar-refractivity contribution in [1.82, 2.24) is 4.90 Å². The molecule has 19 heavy (non-hydrogen) atoms. The molecule has 0 aliphatic carbocycles. The van der Waals surface area contributed by atoms with Gasteiger partial charge in [0.25, 0.3) is 0 Å². The lowest BCUT2D eigenvalue weighted by atomic mass is 9.95. The fourth-order valence-corrected chi connectivity index (χ4v) is 2.91. The molecule has 4 heteroatoms. The van der Waals surface area contributed by atoms with E-state index in [1.54, 1.807) is 0 Å². The number of rotatable bonds is 4. The first-order chi connectivity index (χ1) is 8.69. The number of hydrogen-bond donors (Lipinski definition) is 1. The van der Waals surface area contributed by atoms with E-state index in [0.29, 0.717) is 5.92 Å². The Morgan fingerprint density at radius 2 is 2.05 bits per heavy atom. The van der Waals surface area contributed by atoms with Crippen LogP contribution in [0.25, 0.3) is 0 Å². The van der Waals surface area contributed by atoms with E-state index in [9.17, 15) is 0 Å². The summed E-state index contributed by atoms with van der Waals surface area (Å²) in [6, 6.07) is 8.22. The fraction of sp³-hybridized carbons (Fsp3) is 0.600. The number of hydrogen-bond acceptors (Lipinski definition) is 2. The van der Waals surface area contributed by atoms with Crippen molar-refractivity contribution >= 4 is 24.0 Å². The molecular weight excluding hydrogens is 279 g/mol. The van der Waals surface area contributed by atoms with E-state index >= 15 is 0 Å². The van der Waals surface area contributed by atoms with Crippen LogP contribution in [0, 0.1) is 5.92 Å². The smallest absolute Gasteiger partial charge is 0.0408 e. The summed E-state index contributed by atoms with van der Waals surface area (Å²) in [6.07, 6.45) is 2.50. The summed E-state index contributed by atoms with van der Waals surface area (Å²) in [5.74, 6) is 1.28. The minimum atomic E-state index is 0. The van der Waals surface area contributed by atoms with Crippen molar-refractivity contribution in [3.8, 4) is 0 Å². The van der Waals surface area contributed by atoms with Gasteiger partial charge in [-0.05, 0) is 62.0 Å². The van der Waals surface area contributed by atoms with Gasteiger partial charge in [0.1, 0.15) is 0 Å². The maximum absolute atomic E-state index is 6.04. The molecule has 0 amide bonds. The van der Waals surface area contributed by atoms with Crippen LogP contribution in [0.2, 0.25) is 5.02 Å². The highest BCUT2D eigenvalue weighted by Gasteiger charge is 2.19. The quantitative estimate of drug-likeness (QED) is 0.922. The van der Waals surface area contributed by atoms with Crippen LogP contribution >= 0.6 is 24.0 Å². The van der Waals surface area contributed by atoms with Crippen molar-refractivity contribution in [2.24, 2.45) is 11.7 Å². The van der Waals surface area contributed by atoms with Crippen LogP contribution in [0.5, 0.6) is 0 Å². The zero-order chi connectivity index (χ0) is 13.0. The molecule has 1 aliphatic rings. The normalized spacial score (nSPS) is 18.9. The molecule has 1 aliphatic heterocycles. The number of likely N-dealkylation sites (tertiary alicyclic amines) is 1. The molecule has 0 bridgehead atoms. The zero-order valence-corrected chi connectivity index (χ0v) is 13.1. The van der Waals surface area contributed by atoms with Crippen molar-refractivity contribution in [3.63, 3.8) is 0 Å². The molecule has 1 saturated heterocycles. The second kappa shape index (κ2) is 8.11. The summed E-state index contributed by atoms with van der Waals surface area (Å²) in [7, 11) is 0. The summed E-state index contributed by atoms with van der Waals surface area (Å²) in [6.45, 7) is 6.62. The SMILES string of the molecule is CC(CN1CCC(CN)CC1)c1cccc(Cl)c1.Cl. The Kier molecular flexibility index (Phi) is 7.16. The number of nitrogens with two attached hydrogens (primary N) is 1. The Morgan fingerprint density at radius 3 is 2.63 bits per heavy atom. The van der Waals surface area contributed by atoms with E-state index in [1.807, 2.05) is 12.1 Å². The van der Waals surface area contributed by atoms with Crippen molar-refractivity contribution < 1.29 is 0 Å². The average molecular weight is 303 g/mol. The first kappa shape index (κ1) is 16.8. The molecule has 0 saturated carbocycles. The average Bonchev–Trinajstić information content (AvgIpc) is 2.39. The molecule has 1 fully saturated rings. The first-order valence-electron chi connectivity index (χ1n) is 6.87. The maximum atomic E-state index is 6.04. The van der Waals surface area contributed by atoms with Gasteiger partial charge in [-0.3, -0.25) is 0 Å². The Hall–Kier alpha value is -0.280. The Balaban J connectivity index is 0.00000180. The van der Waals surface area contributed by atoms with Crippen molar-refractivity contribution in [2.75, 3.05) is 26.2 Å². The topological polar surface area (TPSA) is 29.3 Å². The standard InChI is InChI=1S/C15H23ClN2.ClH/c1-12(14-3-2-4-15(16)9-14)11-18-7-5-13(10-17)6-8-18;/h2-4,9,12-13H,5-8,10-11,17H2,1H3;1H. The van der Waals surface area contributed by atoms with Gasteiger partial charge in [-0.2, -0.15) is 0 Å². The monoisotopic (exact) mass is 302 g/mol. The second-order valence-electron chi connectivity index (χ2n) is 5.44. The summed E-state index contributed by atoms with van der Waals surface area (Å²) < 4.78 is 0. The van der Waals surface area contributed by atoms with Gasteiger partial charge in [0.15, 0.2) is 0 Å². The molecule has 0 radical (unpaired) electrons. The van der Waals surface area contributed by atoms with Gasteiger partial charge in [0, 0.05) is 11.6 Å². The van der Waals surface area contributed by atoms with Gasteiger partial charge in [0.05, 0.1) is 0 Å². The minimum absolute atomic E-state index is 0. The Morgan fingerprint density at radius 1 is 1.37 bits per heavy atom. The summed E-state index contributed by atoms with van der Waals surface area (Å²) >= 11 is 6.04. The van der Waals surface area contributed by atoms with E-state index in [1.165, 1.54) is 31.5 Å². The third-order valence-electron chi connectivity index (χ3n) is 3.99. The van der Waals surface area contributed by atoms with Crippen molar-refractivity contribution in [3.05, 3.63) is 34.9 Å². The first-order valence-corrected chi connectivity index (χ1v) is 7.24. The van der Waals surface area contributed by atoms with Gasteiger partial charge in [-0.1, -0.05) is 30.7 Å². The van der Waals surface area contributed by atoms with E-state index in [2.05, 4.69) is 24.0 Å². The lowest BCUT2D eigenvalue weighted by Gasteiger charge is -2.33. The van der Waals surface area contributed by atoms with E-state index in [-0.39, 0.29) is 12.4 Å². The summed E-state index contributed by atoms with van der Waals surface area (Å²) in [5.41, 5.74) is 7.06. The van der Waals surface area contributed by atoms with Crippen LogP contribution in [0.4, 0.5) is 0 Å². The highest BCUT2D eigenvalue weighted by molar-refractivity contribution is 6.30. The predicted octanol–water partition coefficient (Wildman–Crippen LogP) is 3.54. The van der Waals surface area contributed by atoms with Crippen LogP contribution in [0.3, 0.4) is 0 Å². The van der Waals surface area contributed by atoms with E-state index in [4.69, 9.17) is 17.3 Å². The lowest BCUT2D eigenvalue weighted by Crippen LogP contribution is -2.38. The van der Waals surface area contributed by atoms with Crippen LogP contribution in [-0.4, -0.2) is 31.1 Å². The molecular formula is C15H24Cl2N2. The lowest BCUT2D eigenvalue weighted by molar-refractivity contribution is 0.180. The van der Waals surface area contributed by atoms with Gasteiger partial charge in [-0.15, -0.1) is 12.4 Å². The predicted molar refractivity (Wildman–Crippen MR) is 85.3 cm³/mol. The number of nitrogens with zero attached hydrogens (tertiary/aromatic N) is 1. The number of benzene rings is 1. The van der Waals surface area contributed by atoms with Gasteiger partial charge in [0.2, 0.25) is 0 Å². The Bertz CT molecular complexity index is 376. The van der Waals surface area contributed by atoms with Crippen LogP contribution in [-0.2, 0) is 0 Å². The third kappa shape index (κ3) is 4.96. The highest BCUT2D eigenvalue weighted by atomic mass is 35.5. The van der Waals surface area contributed by atoms with Crippen LogP contribution in [0.15, 0.2) is 24.3 Å². The van der Waals surface area contributed by atoms with E-state index in [0.717, 1.165) is 24.0 Å². The van der Waals surface area contributed by atoms with E-state index < -0.39 is 0 Å². The molecule has 108 valence electrons. The fourth-order valence-electron chi connectivity index (χ4n) is 2.71. The molecule has 0 spiro atoms. The highest BCUT2D eigenvalue weighted by Crippen LogP contribution is 2.23. The molecule has 1 atom stereocenters. The number of halogens is 2. The van der Waals surface area contributed by atoms with Gasteiger partial charge < -0.3 is 10.6 Å². The minimum Gasteiger partial charge on any atom is -0.330 e. The van der Waals surface area contributed by atoms with Crippen molar-refractivity contribution in [1.29, 1.82) is 0 Å². The van der Waals surface area contributed by atoms with Crippen LogP contribution < -0.4 is 5.73 Å². The molecule has 2 nitrogen and oxygen atoms in total. The van der Waals surface area contributed by atoms with Crippen molar-refractivity contribution in [2.45, 2.75) is 25.7 Å². The second-order valence-corrected chi connectivity index (χ2v) is 5.87. The summed E-state index contributed by atoms with van der Waals surface area (Å²) in [5, 5.41) is 0.834. The third-order valence-corrected chi connectivity index (χ3v) is 4.23. The molecule has 1 aromatic rings. The van der Waals surface area contributed by atoms with Gasteiger partial charge >= 0.3 is 0 Å². The van der Waals surface area contributed by atoms with Gasteiger partial charge in [-0.25, -0.2) is 0 Å².